The Kier molecular flexibility index (Phi) is 4.03. The van der Waals surface area contributed by atoms with Crippen LogP contribution in [0.5, 0.6) is 0 Å². The standard InChI is InChI=1S/C10H11ClIN3O2/c11-9-8(12)10(17)15(6-13-9)5-7(16)14-3-1-2-4-14/h6H,1-5H2. The van der Waals surface area contributed by atoms with Crippen LogP contribution < -0.4 is 5.56 Å². The molecule has 2 heterocycles. The highest BCUT2D eigenvalue weighted by atomic mass is 127. The summed E-state index contributed by atoms with van der Waals surface area (Å²) >= 11 is 7.56. The Balaban J connectivity index is 2.16. The molecule has 0 radical (unpaired) electrons. The second kappa shape index (κ2) is 5.34. The van der Waals surface area contributed by atoms with Crippen LogP contribution in [0.2, 0.25) is 5.15 Å². The van der Waals surface area contributed by atoms with E-state index in [4.69, 9.17) is 11.6 Å². The number of likely N-dealkylation sites (tertiary alicyclic amines) is 1. The summed E-state index contributed by atoms with van der Waals surface area (Å²) in [5, 5.41) is 0.181. The lowest BCUT2D eigenvalue weighted by Crippen LogP contribution is -2.35. The maximum absolute atomic E-state index is 11.9. The van der Waals surface area contributed by atoms with E-state index in [1.807, 2.05) is 22.6 Å². The monoisotopic (exact) mass is 367 g/mol. The van der Waals surface area contributed by atoms with Crippen molar-refractivity contribution in [3.8, 4) is 0 Å². The molecule has 0 unspecified atom stereocenters. The van der Waals surface area contributed by atoms with Gasteiger partial charge < -0.3 is 4.90 Å². The fourth-order valence-corrected chi connectivity index (χ4v) is 2.34. The molecule has 0 spiro atoms. The smallest absolute Gasteiger partial charge is 0.268 e. The highest BCUT2D eigenvalue weighted by molar-refractivity contribution is 14.1. The molecule has 0 aromatic carbocycles. The van der Waals surface area contributed by atoms with Crippen LogP contribution in [-0.2, 0) is 11.3 Å². The fourth-order valence-electron chi connectivity index (χ4n) is 1.77. The summed E-state index contributed by atoms with van der Waals surface area (Å²) in [5.74, 6) is -0.0375. The van der Waals surface area contributed by atoms with Crippen molar-refractivity contribution < 1.29 is 4.79 Å². The van der Waals surface area contributed by atoms with Crippen molar-refractivity contribution in [1.82, 2.24) is 14.5 Å². The maximum atomic E-state index is 11.9. The van der Waals surface area contributed by atoms with E-state index in [1.54, 1.807) is 4.90 Å². The molecule has 0 saturated carbocycles. The number of carbonyl (C=O) groups is 1. The van der Waals surface area contributed by atoms with Crippen molar-refractivity contribution in [3.63, 3.8) is 0 Å². The van der Waals surface area contributed by atoms with Crippen LogP contribution in [-0.4, -0.2) is 33.4 Å². The Labute approximate surface area is 117 Å². The minimum Gasteiger partial charge on any atom is -0.341 e. The predicted octanol–water partition coefficient (Wildman–Crippen LogP) is 1.12. The first-order valence-electron chi connectivity index (χ1n) is 5.28. The first-order valence-corrected chi connectivity index (χ1v) is 6.73. The van der Waals surface area contributed by atoms with Gasteiger partial charge >= 0.3 is 0 Å². The average molecular weight is 368 g/mol. The van der Waals surface area contributed by atoms with E-state index in [2.05, 4.69) is 4.98 Å². The summed E-state index contributed by atoms with van der Waals surface area (Å²) in [7, 11) is 0. The number of amides is 1. The molecule has 1 fully saturated rings. The molecule has 1 saturated heterocycles. The first-order chi connectivity index (χ1) is 8.09. The lowest BCUT2D eigenvalue weighted by Gasteiger charge is -2.15. The molecule has 0 aliphatic carbocycles. The summed E-state index contributed by atoms with van der Waals surface area (Å²) in [5.41, 5.74) is -0.266. The van der Waals surface area contributed by atoms with Crippen LogP contribution in [0.3, 0.4) is 0 Å². The van der Waals surface area contributed by atoms with Crippen LogP contribution in [0, 0.1) is 3.57 Å². The van der Waals surface area contributed by atoms with Crippen LogP contribution in [0.4, 0.5) is 0 Å². The number of aromatic nitrogens is 2. The van der Waals surface area contributed by atoms with Crippen molar-refractivity contribution in [2.45, 2.75) is 19.4 Å². The molecule has 1 aromatic heterocycles. The molecular weight excluding hydrogens is 356 g/mol. The maximum Gasteiger partial charge on any atom is 0.268 e. The van der Waals surface area contributed by atoms with Crippen molar-refractivity contribution in [1.29, 1.82) is 0 Å². The minimum absolute atomic E-state index is 0.0375. The van der Waals surface area contributed by atoms with Crippen molar-refractivity contribution in [2.75, 3.05) is 13.1 Å². The lowest BCUT2D eigenvalue weighted by atomic mass is 10.4. The average Bonchev–Trinajstić information content (AvgIpc) is 2.83. The number of hydrogen-bond donors (Lipinski definition) is 0. The fraction of sp³-hybridized carbons (Fsp3) is 0.500. The molecule has 2 rings (SSSR count). The molecule has 0 bridgehead atoms. The van der Waals surface area contributed by atoms with Crippen molar-refractivity contribution in [3.05, 3.63) is 25.4 Å². The van der Waals surface area contributed by atoms with Gasteiger partial charge in [0.05, 0.1) is 6.33 Å². The molecule has 0 atom stereocenters. The largest absolute Gasteiger partial charge is 0.341 e. The molecule has 17 heavy (non-hydrogen) atoms. The molecule has 1 aromatic rings. The zero-order chi connectivity index (χ0) is 12.4. The molecule has 1 amide bonds. The molecule has 1 aliphatic heterocycles. The molecular formula is C10H11ClIN3O2. The van der Waals surface area contributed by atoms with E-state index in [9.17, 15) is 9.59 Å². The summed E-state index contributed by atoms with van der Waals surface area (Å²) in [4.78, 5) is 29.3. The van der Waals surface area contributed by atoms with Crippen LogP contribution in [0.15, 0.2) is 11.1 Å². The van der Waals surface area contributed by atoms with Gasteiger partial charge in [-0.1, -0.05) is 11.6 Å². The van der Waals surface area contributed by atoms with Crippen molar-refractivity contribution >= 4 is 40.1 Å². The minimum atomic E-state index is -0.266. The number of carbonyl (C=O) groups excluding carboxylic acids is 1. The molecule has 1 aliphatic rings. The molecule has 0 N–H and O–H groups in total. The van der Waals surface area contributed by atoms with Gasteiger partial charge in [0, 0.05) is 13.1 Å². The van der Waals surface area contributed by atoms with Gasteiger partial charge in [-0.15, -0.1) is 0 Å². The van der Waals surface area contributed by atoms with Gasteiger partial charge in [0.25, 0.3) is 5.56 Å². The Morgan fingerprint density at radius 1 is 1.47 bits per heavy atom. The van der Waals surface area contributed by atoms with Gasteiger partial charge in [0.1, 0.15) is 15.3 Å². The number of halogens is 2. The Bertz CT molecular complexity index is 497. The number of hydrogen-bond acceptors (Lipinski definition) is 3. The first kappa shape index (κ1) is 12.8. The third-order valence-corrected chi connectivity index (χ3v) is 4.28. The molecule has 5 nitrogen and oxygen atoms in total. The van der Waals surface area contributed by atoms with E-state index in [1.165, 1.54) is 10.9 Å². The van der Waals surface area contributed by atoms with Gasteiger partial charge in [-0.2, -0.15) is 0 Å². The summed E-state index contributed by atoms with van der Waals surface area (Å²) in [6, 6.07) is 0. The third kappa shape index (κ3) is 2.79. The third-order valence-electron chi connectivity index (χ3n) is 2.70. The molecule has 92 valence electrons. The van der Waals surface area contributed by atoms with Crippen LogP contribution >= 0.6 is 34.2 Å². The van der Waals surface area contributed by atoms with E-state index in [0.29, 0.717) is 3.57 Å². The second-order valence-electron chi connectivity index (χ2n) is 3.87. The normalized spacial score (nSPS) is 15.3. The molecule has 7 heteroatoms. The van der Waals surface area contributed by atoms with Crippen molar-refractivity contribution in [2.24, 2.45) is 0 Å². The van der Waals surface area contributed by atoms with Crippen LogP contribution in [0.25, 0.3) is 0 Å². The van der Waals surface area contributed by atoms with Gasteiger partial charge in [0.2, 0.25) is 5.91 Å². The highest BCUT2D eigenvalue weighted by Crippen LogP contribution is 2.10. The quantitative estimate of drug-likeness (QED) is 0.581. The zero-order valence-corrected chi connectivity index (χ0v) is 11.9. The Hall–Kier alpha value is -0.630. The predicted molar refractivity (Wildman–Crippen MR) is 72.0 cm³/mol. The lowest BCUT2D eigenvalue weighted by molar-refractivity contribution is -0.130. The highest BCUT2D eigenvalue weighted by Gasteiger charge is 2.19. The van der Waals surface area contributed by atoms with Gasteiger partial charge in [-0.3, -0.25) is 14.2 Å². The summed E-state index contributed by atoms with van der Waals surface area (Å²) < 4.78 is 1.65. The second-order valence-corrected chi connectivity index (χ2v) is 5.31. The van der Waals surface area contributed by atoms with Gasteiger partial charge in [0.15, 0.2) is 0 Å². The zero-order valence-electron chi connectivity index (χ0n) is 9.03. The van der Waals surface area contributed by atoms with Gasteiger partial charge in [-0.05, 0) is 35.4 Å². The van der Waals surface area contributed by atoms with Gasteiger partial charge in [-0.25, -0.2) is 4.98 Å². The van der Waals surface area contributed by atoms with E-state index in [0.717, 1.165) is 25.9 Å². The Morgan fingerprint density at radius 3 is 2.76 bits per heavy atom. The summed E-state index contributed by atoms with van der Waals surface area (Å²) in [6.07, 6.45) is 3.40. The van der Waals surface area contributed by atoms with Crippen LogP contribution in [0.1, 0.15) is 12.8 Å². The SMILES string of the molecule is O=C(Cn1cnc(Cl)c(I)c1=O)N1CCCC1. The number of nitrogens with zero attached hydrogens (tertiary/aromatic N) is 3. The Morgan fingerprint density at radius 2 is 2.12 bits per heavy atom. The number of rotatable bonds is 2. The van der Waals surface area contributed by atoms with E-state index < -0.39 is 0 Å². The van der Waals surface area contributed by atoms with E-state index >= 15 is 0 Å². The summed E-state index contributed by atoms with van der Waals surface area (Å²) in [6.45, 7) is 1.61. The van der Waals surface area contributed by atoms with E-state index in [-0.39, 0.29) is 23.2 Å². The topological polar surface area (TPSA) is 55.2 Å².